The first-order valence-electron chi connectivity index (χ1n) is 3.02. The van der Waals surface area contributed by atoms with Gasteiger partial charge in [-0.15, -0.1) is 11.6 Å². The average molecular weight is 142 g/mol. The number of alkyl halides is 1. The molecule has 0 saturated carbocycles. The third kappa shape index (κ3) is 1.46. The second kappa shape index (κ2) is 2.41. The molecule has 1 aliphatic carbocycles. The second-order valence-electron chi connectivity index (χ2n) is 2.29. The van der Waals surface area contributed by atoms with Crippen LogP contribution in [0.5, 0.6) is 0 Å². The monoisotopic (exact) mass is 141 g/mol. The quantitative estimate of drug-likeness (QED) is 0.375. The van der Waals surface area contributed by atoms with Crippen LogP contribution in [0.25, 0.3) is 0 Å². The molecular formula is C7H8ClN. The van der Waals surface area contributed by atoms with Crippen LogP contribution in [0.2, 0.25) is 0 Å². The molecule has 0 aromatic heterocycles. The van der Waals surface area contributed by atoms with Crippen LogP contribution >= 0.6 is 11.6 Å². The lowest BCUT2D eigenvalue weighted by Crippen LogP contribution is -2.19. The molecule has 1 nitrogen and oxygen atoms in total. The van der Waals surface area contributed by atoms with Crippen molar-refractivity contribution in [3.63, 3.8) is 0 Å². The zero-order chi connectivity index (χ0) is 6.74. The van der Waals surface area contributed by atoms with E-state index in [1.54, 1.807) is 0 Å². The second-order valence-corrected chi connectivity index (χ2v) is 3.01. The minimum Gasteiger partial charge on any atom is -0.196 e. The molecule has 1 unspecified atom stereocenters. The maximum absolute atomic E-state index is 8.53. The van der Waals surface area contributed by atoms with Crippen LogP contribution in [-0.4, -0.2) is 4.87 Å². The molecule has 0 saturated heterocycles. The van der Waals surface area contributed by atoms with E-state index in [0.29, 0.717) is 6.42 Å². The number of hydrogen-bond acceptors (Lipinski definition) is 1. The van der Waals surface area contributed by atoms with Crippen LogP contribution in [0.3, 0.4) is 0 Å². The highest BCUT2D eigenvalue weighted by atomic mass is 35.5. The number of nitriles is 1. The highest BCUT2D eigenvalue weighted by Gasteiger charge is 2.26. The Labute approximate surface area is 59.9 Å². The number of allylic oxidation sites excluding steroid dienone is 2. The Morgan fingerprint density at radius 1 is 1.56 bits per heavy atom. The normalized spacial score (nSPS) is 33.8. The fourth-order valence-corrected chi connectivity index (χ4v) is 1.10. The summed E-state index contributed by atoms with van der Waals surface area (Å²) in [7, 11) is 0. The summed E-state index contributed by atoms with van der Waals surface area (Å²) < 4.78 is 0. The van der Waals surface area contributed by atoms with Gasteiger partial charge in [0.25, 0.3) is 0 Å². The highest BCUT2D eigenvalue weighted by molar-refractivity contribution is 6.26. The first-order valence-corrected chi connectivity index (χ1v) is 3.40. The van der Waals surface area contributed by atoms with E-state index in [4.69, 9.17) is 16.9 Å². The molecule has 0 radical (unpaired) electrons. The van der Waals surface area contributed by atoms with Crippen molar-refractivity contribution in [1.29, 1.82) is 5.26 Å². The Balaban J connectivity index is 2.63. The van der Waals surface area contributed by atoms with Gasteiger partial charge in [0.15, 0.2) is 0 Å². The lowest BCUT2D eigenvalue weighted by atomic mass is 9.95. The van der Waals surface area contributed by atoms with Crippen molar-refractivity contribution < 1.29 is 0 Å². The summed E-state index contributed by atoms with van der Waals surface area (Å²) in [5, 5.41) is 8.53. The number of hydrogen-bond donors (Lipinski definition) is 0. The lowest BCUT2D eigenvalue weighted by molar-refractivity contribution is 0.633. The van der Waals surface area contributed by atoms with Gasteiger partial charge < -0.3 is 0 Å². The van der Waals surface area contributed by atoms with Crippen molar-refractivity contribution in [1.82, 2.24) is 0 Å². The molecule has 0 fully saturated rings. The largest absolute Gasteiger partial charge is 0.196 e. The summed E-state index contributed by atoms with van der Waals surface area (Å²) in [5.41, 5.74) is 0. The molecule has 0 bridgehead atoms. The van der Waals surface area contributed by atoms with E-state index in [0.717, 1.165) is 12.8 Å². The molecule has 1 rings (SSSR count). The van der Waals surface area contributed by atoms with Gasteiger partial charge in [0, 0.05) is 0 Å². The maximum atomic E-state index is 8.53. The Kier molecular flexibility index (Phi) is 1.78. The van der Waals surface area contributed by atoms with Crippen molar-refractivity contribution >= 4 is 11.6 Å². The van der Waals surface area contributed by atoms with Crippen molar-refractivity contribution in [2.75, 3.05) is 0 Å². The van der Waals surface area contributed by atoms with Gasteiger partial charge in [0.2, 0.25) is 0 Å². The molecule has 0 aromatic rings. The summed E-state index contributed by atoms with van der Waals surface area (Å²) >= 11 is 5.85. The minimum atomic E-state index is -0.589. The van der Waals surface area contributed by atoms with Crippen molar-refractivity contribution in [3.05, 3.63) is 12.2 Å². The fourth-order valence-electron chi connectivity index (χ4n) is 0.904. The van der Waals surface area contributed by atoms with Crippen LogP contribution < -0.4 is 0 Å². The highest BCUT2D eigenvalue weighted by Crippen LogP contribution is 2.28. The molecule has 1 aliphatic rings. The fraction of sp³-hybridized carbons (Fsp3) is 0.571. The van der Waals surface area contributed by atoms with Crippen molar-refractivity contribution in [2.24, 2.45) is 0 Å². The summed E-state index contributed by atoms with van der Waals surface area (Å²) in [5.74, 6) is 0. The summed E-state index contributed by atoms with van der Waals surface area (Å²) in [6, 6.07) is 2.09. The molecule has 0 aliphatic heterocycles. The van der Waals surface area contributed by atoms with Crippen LogP contribution in [0.15, 0.2) is 12.2 Å². The minimum absolute atomic E-state index is 0.589. The van der Waals surface area contributed by atoms with E-state index in [-0.39, 0.29) is 0 Å². The van der Waals surface area contributed by atoms with Crippen molar-refractivity contribution in [3.8, 4) is 6.07 Å². The standard InChI is InChI=1S/C7H8ClN/c8-7(6-9)4-2-1-3-5-7/h1-2H,3-5H2. The average Bonchev–Trinajstić information content (AvgIpc) is 1.90. The van der Waals surface area contributed by atoms with Gasteiger partial charge in [-0.1, -0.05) is 12.2 Å². The number of nitrogens with zero attached hydrogens (tertiary/aromatic N) is 1. The van der Waals surface area contributed by atoms with Crippen LogP contribution in [-0.2, 0) is 0 Å². The molecule has 0 heterocycles. The third-order valence-corrected chi connectivity index (χ3v) is 1.94. The summed E-state index contributed by atoms with van der Waals surface area (Å²) in [6.45, 7) is 0. The zero-order valence-electron chi connectivity index (χ0n) is 5.10. The predicted molar refractivity (Wildman–Crippen MR) is 37.2 cm³/mol. The van der Waals surface area contributed by atoms with Gasteiger partial charge in [-0.3, -0.25) is 0 Å². The molecular weight excluding hydrogens is 134 g/mol. The van der Waals surface area contributed by atoms with Crippen LogP contribution in [0, 0.1) is 11.3 Å². The Morgan fingerprint density at radius 3 is 2.67 bits per heavy atom. The lowest BCUT2D eigenvalue weighted by Gasteiger charge is -2.18. The topological polar surface area (TPSA) is 23.8 Å². The first-order chi connectivity index (χ1) is 4.27. The van der Waals surface area contributed by atoms with Crippen LogP contribution in [0.1, 0.15) is 19.3 Å². The third-order valence-electron chi connectivity index (χ3n) is 1.52. The van der Waals surface area contributed by atoms with Gasteiger partial charge in [0.1, 0.15) is 4.87 Å². The summed E-state index contributed by atoms with van der Waals surface area (Å²) in [6.07, 6.45) is 6.47. The van der Waals surface area contributed by atoms with Crippen LogP contribution in [0.4, 0.5) is 0 Å². The molecule has 0 N–H and O–H groups in total. The predicted octanol–water partition coefficient (Wildman–Crippen LogP) is 2.23. The molecule has 0 amide bonds. The molecule has 48 valence electrons. The van der Waals surface area contributed by atoms with Gasteiger partial charge >= 0.3 is 0 Å². The number of halogens is 1. The van der Waals surface area contributed by atoms with E-state index < -0.39 is 4.87 Å². The molecule has 9 heavy (non-hydrogen) atoms. The van der Waals surface area contributed by atoms with E-state index in [2.05, 4.69) is 12.1 Å². The van der Waals surface area contributed by atoms with Gasteiger partial charge in [-0.2, -0.15) is 5.26 Å². The van der Waals surface area contributed by atoms with E-state index in [9.17, 15) is 0 Å². The van der Waals surface area contributed by atoms with E-state index >= 15 is 0 Å². The molecule has 0 spiro atoms. The Bertz CT molecular complexity index is 168. The Morgan fingerprint density at radius 2 is 2.33 bits per heavy atom. The zero-order valence-corrected chi connectivity index (χ0v) is 5.86. The summed E-state index contributed by atoms with van der Waals surface area (Å²) in [4.78, 5) is -0.589. The SMILES string of the molecule is N#CC1(Cl)CC=CCC1. The maximum Gasteiger partial charge on any atom is 0.134 e. The smallest absolute Gasteiger partial charge is 0.134 e. The van der Waals surface area contributed by atoms with E-state index in [1.807, 2.05) is 6.08 Å². The van der Waals surface area contributed by atoms with E-state index in [1.165, 1.54) is 0 Å². The Hall–Kier alpha value is -0.480. The first kappa shape index (κ1) is 6.64. The molecule has 0 aromatic carbocycles. The molecule has 2 heteroatoms. The van der Waals surface area contributed by atoms with Gasteiger partial charge in [-0.05, 0) is 19.3 Å². The van der Waals surface area contributed by atoms with Gasteiger partial charge in [0.05, 0.1) is 6.07 Å². The van der Waals surface area contributed by atoms with Crippen molar-refractivity contribution in [2.45, 2.75) is 24.1 Å². The number of rotatable bonds is 0. The molecule has 1 atom stereocenters. The van der Waals surface area contributed by atoms with Gasteiger partial charge in [-0.25, -0.2) is 0 Å².